The lowest BCUT2D eigenvalue weighted by molar-refractivity contribution is -0.111. The van der Waals surface area contributed by atoms with Crippen LogP contribution in [0.1, 0.15) is 0 Å². The molecule has 2 aliphatic rings. The molecule has 0 spiro atoms. The first-order chi connectivity index (χ1) is 5.29. The second-order valence-electron chi connectivity index (χ2n) is 2.00. The van der Waals surface area contributed by atoms with Gasteiger partial charge in [0.1, 0.15) is 10.8 Å². The molecular formula is C5H4N4OS. The van der Waals surface area contributed by atoms with Gasteiger partial charge >= 0.3 is 0 Å². The highest BCUT2D eigenvalue weighted by atomic mass is 32.2. The first-order valence-corrected chi connectivity index (χ1v) is 3.91. The fourth-order valence-electron chi connectivity index (χ4n) is 0.855. The molecule has 0 saturated carbocycles. The van der Waals surface area contributed by atoms with Gasteiger partial charge in [0.25, 0.3) is 5.91 Å². The lowest BCUT2D eigenvalue weighted by Gasteiger charge is -1.90. The van der Waals surface area contributed by atoms with E-state index in [2.05, 4.69) is 15.2 Å². The van der Waals surface area contributed by atoms with E-state index in [0.29, 0.717) is 16.6 Å². The molecule has 0 fully saturated rings. The smallest absolute Gasteiger partial charge is 0.271 e. The molecule has 2 aliphatic heterocycles. The van der Waals surface area contributed by atoms with Gasteiger partial charge in [-0.1, -0.05) is 11.8 Å². The van der Waals surface area contributed by atoms with Crippen molar-refractivity contribution in [2.75, 3.05) is 5.88 Å². The van der Waals surface area contributed by atoms with Crippen molar-refractivity contribution in [2.45, 2.75) is 0 Å². The van der Waals surface area contributed by atoms with Crippen LogP contribution in [0, 0.1) is 0 Å². The molecule has 0 aromatic heterocycles. The molecule has 0 aromatic carbocycles. The molecule has 0 radical (unpaired) electrons. The first-order valence-electron chi connectivity index (χ1n) is 2.92. The zero-order chi connectivity index (χ0) is 7.84. The van der Waals surface area contributed by atoms with E-state index in [4.69, 9.17) is 5.73 Å². The molecule has 2 N–H and O–H groups in total. The Morgan fingerprint density at radius 3 is 3.09 bits per heavy atom. The van der Waals surface area contributed by atoms with Gasteiger partial charge in [-0.05, 0) is 0 Å². The highest BCUT2D eigenvalue weighted by molar-refractivity contribution is 8.16. The van der Waals surface area contributed by atoms with Crippen LogP contribution in [0.25, 0.3) is 0 Å². The van der Waals surface area contributed by atoms with Crippen LogP contribution in [0.2, 0.25) is 0 Å². The fourth-order valence-corrected chi connectivity index (χ4v) is 1.57. The Morgan fingerprint density at radius 1 is 1.55 bits per heavy atom. The van der Waals surface area contributed by atoms with Gasteiger partial charge in [-0.3, -0.25) is 9.79 Å². The zero-order valence-corrected chi connectivity index (χ0v) is 6.26. The number of hydrogen-bond acceptors (Lipinski definition) is 5. The Morgan fingerprint density at radius 2 is 2.36 bits per heavy atom. The van der Waals surface area contributed by atoms with Gasteiger partial charge < -0.3 is 5.73 Å². The number of rotatable bonds is 1. The summed E-state index contributed by atoms with van der Waals surface area (Å²) in [6.07, 6.45) is 0. The predicted octanol–water partition coefficient (Wildman–Crippen LogP) is -0.615. The van der Waals surface area contributed by atoms with Crippen molar-refractivity contribution in [3.05, 3.63) is 0 Å². The van der Waals surface area contributed by atoms with Gasteiger partial charge in [0.2, 0.25) is 0 Å². The Kier molecular flexibility index (Phi) is 1.28. The van der Waals surface area contributed by atoms with E-state index in [1.54, 1.807) is 0 Å². The minimum absolute atomic E-state index is 0.185. The second kappa shape index (κ2) is 2.16. The summed E-state index contributed by atoms with van der Waals surface area (Å²) in [5.74, 6) is 0.0468. The summed E-state index contributed by atoms with van der Waals surface area (Å²) < 4.78 is 0. The number of thioether (sulfide) groups is 1. The average molecular weight is 168 g/mol. The van der Waals surface area contributed by atoms with E-state index < -0.39 is 5.91 Å². The van der Waals surface area contributed by atoms with Crippen molar-refractivity contribution in [1.29, 1.82) is 0 Å². The number of hydrogen-bond donors (Lipinski definition) is 1. The second-order valence-corrected chi connectivity index (χ2v) is 2.93. The van der Waals surface area contributed by atoms with Crippen LogP contribution in [0.15, 0.2) is 15.2 Å². The maximum absolute atomic E-state index is 10.7. The SMILES string of the molecule is NC(=O)C1=NN=C2SCN=C21. The molecule has 0 aliphatic carbocycles. The molecule has 1 amide bonds. The van der Waals surface area contributed by atoms with Crippen LogP contribution < -0.4 is 5.73 Å². The first kappa shape index (κ1) is 6.53. The van der Waals surface area contributed by atoms with Gasteiger partial charge in [0.15, 0.2) is 5.71 Å². The van der Waals surface area contributed by atoms with Gasteiger partial charge in [-0.15, -0.1) is 10.2 Å². The van der Waals surface area contributed by atoms with Crippen LogP contribution in [-0.4, -0.2) is 28.3 Å². The van der Waals surface area contributed by atoms with Gasteiger partial charge in [-0.2, -0.15) is 0 Å². The molecule has 11 heavy (non-hydrogen) atoms. The van der Waals surface area contributed by atoms with Gasteiger partial charge in [-0.25, -0.2) is 0 Å². The Balaban J connectivity index is 2.38. The van der Waals surface area contributed by atoms with Crippen molar-refractivity contribution in [3.63, 3.8) is 0 Å². The third-order valence-corrected chi connectivity index (χ3v) is 2.13. The number of amides is 1. The number of primary amides is 1. The van der Waals surface area contributed by atoms with Gasteiger partial charge in [0, 0.05) is 0 Å². The monoisotopic (exact) mass is 168 g/mol. The summed E-state index contributed by atoms with van der Waals surface area (Å²) in [4.78, 5) is 14.7. The summed E-state index contributed by atoms with van der Waals surface area (Å²) in [5.41, 5.74) is 5.76. The van der Waals surface area contributed by atoms with Crippen LogP contribution in [0.3, 0.4) is 0 Å². The third kappa shape index (κ3) is 0.864. The molecule has 2 heterocycles. The molecule has 0 bridgehead atoms. The van der Waals surface area contributed by atoms with Crippen molar-refractivity contribution in [3.8, 4) is 0 Å². The van der Waals surface area contributed by atoms with Crippen LogP contribution in [0.5, 0.6) is 0 Å². The largest absolute Gasteiger partial charge is 0.364 e. The number of fused-ring (bicyclic) bond motifs is 1. The number of carbonyl (C=O) groups is 1. The van der Waals surface area contributed by atoms with Crippen molar-refractivity contribution in [1.82, 2.24) is 0 Å². The van der Waals surface area contributed by atoms with Crippen molar-refractivity contribution >= 4 is 34.1 Å². The van der Waals surface area contributed by atoms with Crippen molar-refractivity contribution in [2.24, 2.45) is 20.9 Å². The summed E-state index contributed by atoms with van der Waals surface area (Å²) in [5, 5.41) is 8.04. The Bertz CT molecular complexity index is 316. The maximum atomic E-state index is 10.7. The topological polar surface area (TPSA) is 80.2 Å². The quantitative estimate of drug-likeness (QED) is 0.566. The summed E-state index contributed by atoms with van der Waals surface area (Å²) in [6, 6.07) is 0. The van der Waals surface area contributed by atoms with E-state index in [-0.39, 0.29) is 5.71 Å². The van der Waals surface area contributed by atoms with Crippen LogP contribution in [-0.2, 0) is 4.79 Å². The van der Waals surface area contributed by atoms with E-state index in [1.807, 2.05) is 0 Å². The minimum Gasteiger partial charge on any atom is -0.364 e. The fraction of sp³-hybridized carbons (Fsp3) is 0.200. The Hall–Kier alpha value is -1.17. The number of nitrogens with two attached hydrogens (primary N) is 1. The van der Waals surface area contributed by atoms with E-state index >= 15 is 0 Å². The van der Waals surface area contributed by atoms with Crippen molar-refractivity contribution < 1.29 is 4.79 Å². The molecule has 5 nitrogen and oxygen atoms in total. The highest BCUT2D eigenvalue weighted by Crippen LogP contribution is 2.19. The Labute approximate surface area is 66.5 Å². The normalized spacial score (nSPS) is 20.5. The van der Waals surface area contributed by atoms with E-state index in [1.165, 1.54) is 11.8 Å². The summed E-state index contributed by atoms with van der Waals surface area (Å²) >= 11 is 1.46. The average Bonchev–Trinajstić information content (AvgIpc) is 2.41. The molecule has 0 unspecified atom stereocenters. The van der Waals surface area contributed by atoms with E-state index in [0.717, 1.165) is 0 Å². The zero-order valence-electron chi connectivity index (χ0n) is 5.44. The summed E-state index contributed by atoms with van der Waals surface area (Å²) in [7, 11) is 0. The van der Waals surface area contributed by atoms with Crippen LogP contribution >= 0.6 is 11.8 Å². The summed E-state index contributed by atoms with van der Waals surface area (Å²) in [6.45, 7) is 0. The van der Waals surface area contributed by atoms with E-state index in [9.17, 15) is 4.79 Å². The predicted molar refractivity (Wildman–Crippen MR) is 44.0 cm³/mol. The number of nitrogens with zero attached hydrogens (tertiary/aromatic N) is 3. The standard InChI is InChI=1S/C5H4N4OS/c6-4(10)2-3-5(9-8-2)11-1-7-3/h1H2,(H2,6,10). The highest BCUT2D eigenvalue weighted by Gasteiger charge is 2.29. The maximum Gasteiger partial charge on any atom is 0.271 e. The van der Waals surface area contributed by atoms with Gasteiger partial charge in [0.05, 0.1) is 5.88 Å². The molecule has 0 atom stereocenters. The molecule has 0 aromatic rings. The molecule has 2 rings (SSSR count). The lowest BCUT2D eigenvalue weighted by atomic mass is 10.2. The number of carbonyl (C=O) groups excluding carboxylic acids is 1. The molecule has 56 valence electrons. The minimum atomic E-state index is -0.565. The third-order valence-electron chi connectivity index (χ3n) is 1.33. The van der Waals surface area contributed by atoms with Crippen LogP contribution in [0.4, 0.5) is 0 Å². The number of aliphatic imine (C=N–C) groups is 1. The molecular weight excluding hydrogens is 164 g/mol. The molecule has 0 saturated heterocycles. The molecule has 6 heteroatoms. The lowest BCUT2D eigenvalue weighted by Crippen LogP contribution is -2.30.